The molecule has 2 heterocycles. The molecule has 1 aromatic carbocycles. The molecule has 2 amide bonds. The van der Waals surface area contributed by atoms with Crippen LogP contribution in [0.1, 0.15) is 60.9 Å². The fraction of sp³-hybridized carbons (Fsp3) is 0.421. The summed E-state index contributed by atoms with van der Waals surface area (Å²) in [7, 11) is 0. The number of hydrogen-bond acceptors (Lipinski definition) is 3. The van der Waals surface area contributed by atoms with Gasteiger partial charge in [0.2, 0.25) is 5.91 Å². The summed E-state index contributed by atoms with van der Waals surface area (Å²) >= 11 is 0. The first-order valence-electron chi connectivity index (χ1n) is 8.84. The summed E-state index contributed by atoms with van der Waals surface area (Å²) in [5.41, 5.74) is 3.30. The number of hydrogen-bond donors (Lipinski definition) is 2. The topological polar surface area (TPSA) is 78.1 Å². The van der Waals surface area contributed by atoms with Crippen LogP contribution in [0.5, 0.6) is 0 Å². The molecule has 1 aliphatic rings. The number of amides is 2. The normalized spacial score (nSPS) is 15.4. The van der Waals surface area contributed by atoms with Crippen LogP contribution in [0.25, 0.3) is 0 Å². The van der Waals surface area contributed by atoms with Crippen molar-refractivity contribution in [1.82, 2.24) is 15.5 Å². The van der Waals surface area contributed by atoms with E-state index in [0.717, 1.165) is 42.8 Å². The molecule has 1 aliphatic heterocycles. The van der Waals surface area contributed by atoms with Crippen LogP contribution in [0.2, 0.25) is 0 Å². The van der Waals surface area contributed by atoms with Crippen LogP contribution in [-0.2, 0) is 11.2 Å². The molecule has 0 saturated carbocycles. The van der Waals surface area contributed by atoms with Gasteiger partial charge in [0, 0.05) is 24.3 Å². The summed E-state index contributed by atoms with van der Waals surface area (Å²) in [6, 6.07) is 9.46. The molecule has 6 heteroatoms. The average Bonchev–Trinajstić information content (AvgIpc) is 3.24. The largest absolute Gasteiger partial charge is 0.344 e. The molecule has 1 saturated heterocycles. The molecule has 6 nitrogen and oxygen atoms in total. The van der Waals surface area contributed by atoms with Gasteiger partial charge in [0.25, 0.3) is 5.91 Å². The minimum atomic E-state index is -0.190. The fourth-order valence-corrected chi connectivity index (χ4v) is 3.09. The van der Waals surface area contributed by atoms with Crippen LogP contribution >= 0.6 is 0 Å². The first kappa shape index (κ1) is 17.2. The highest BCUT2D eigenvalue weighted by Crippen LogP contribution is 2.23. The van der Waals surface area contributed by atoms with E-state index in [1.54, 1.807) is 6.07 Å². The van der Waals surface area contributed by atoms with Gasteiger partial charge in [-0.1, -0.05) is 25.5 Å². The zero-order chi connectivity index (χ0) is 17.8. The van der Waals surface area contributed by atoms with Gasteiger partial charge in [0.05, 0.1) is 6.04 Å². The third-order valence-corrected chi connectivity index (χ3v) is 4.51. The molecule has 2 aromatic rings. The van der Waals surface area contributed by atoms with Gasteiger partial charge in [-0.15, -0.1) is 0 Å². The summed E-state index contributed by atoms with van der Waals surface area (Å²) in [6.45, 7) is 4.80. The van der Waals surface area contributed by atoms with Gasteiger partial charge in [-0.25, -0.2) is 0 Å². The number of aromatic amines is 1. The van der Waals surface area contributed by atoms with Crippen molar-refractivity contribution in [3.05, 3.63) is 47.3 Å². The molecular weight excluding hydrogens is 316 g/mol. The van der Waals surface area contributed by atoms with E-state index in [4.69, 9.17) is 0 Å². The molecule has 0 spiro atoms. The molecule has 0 bridgehead atoms. The van der Waals surface area contributed by atoms with Crippen molar-refractivity contribution >= 4 is 17.5 Å². The monoisotopic (exact) mass is 340 g/mol. The number of H-pyrrole nitrogens is 1. The van der Waals surface area contributed by atoms with E-state index >= 15 is 0 Å². The van der Waals surface area contributed by atoms with Gasteiger partial charge in [-0.3, -0.25) is 14.7 Å². The van der Waals surface area contributed by atoms with E-state index in [0.29, 0.717) is 12.1 Å². The number of carbonyl (C=O) groups excluding carboxylic acids is 2. The van der Waals surface area contributed by atoms with E-state index < -0.39 is 0 Å². The Bertz CT molecular complexity index is 751. The first-order chi connectivity index (χ1) is 12.1. The molecule has 2 N–H and O–H groups in total. The van der Waals surface area contributed by atoms with Gasteiger partial charge in [0.15, 0.2) is 0 Å². The third-order valence-electron chi connectivity index (χ3n) is 4.51. The van der Waals surface area contributed by atoms with Crippen molar-refractivity contribution in [2.75, 3.05) is 11.4 Å². The summed E-state index contributed by atoms with van der Waals surface area (Å²) in [5, 5.41) is 9.93. The summed E-state index contributed by atoms with van der Waals surface area (Å²) in [6.07, 6.45) is 3.42. The number of rotatable bonds is 6. The maximum absolute atomic E-state index is 12.3. The molecular formula is C19H24N4O2. The zero-order valence-corrected chi connectivity index (χ0v) is 14.7. The molecule has 1 atom stereocenters. The lowest BCUT2D eigenvalue weighted by Gasteiger charge is -2.18. The first-order valence-corrected chi connectivity index (χ1v) is 8.84. The standard InChI is InChI=1S/C19H24N4O2/c1-3-5-15-12-17(22-21-15)19(25)20-13(2)14-7-9-16(10-8-14)23-11-4-6-18(23)24/h7-10,12-13H,3-6,11H2,1-2H3,(H,20,25)(H,21,22). The second kappa shape index (κ2) is 7.51. The maximum Gasteiger partial charge on any atom is 0.272 e. The van der Waals surface area contributed by atoms with Crippen molar-refractivity contribution in [3.8, 4) is 0 Å². The number of nitrogens with zero attached hydrogens (tertiary/aromatic N) is 2. The van der Waals surface area contributed by atoms with Crippen LogP contribution in [0.15, 0.2) is 30.3 Å². The van der Waals surface area contributed by atoms with Crippen LogP contribution in [0, 0.1) is 0 Å². The fourth-order valence-electron chi connectivity index (χ4n) is 3.09. The molecule has 1 unspecified atom stereocenters. The lowest BCUT2D eigenvalue weighted by molar-refractivity contribution is -0.117. The second-order valence-corrected chi connectivity index (χ2v) is 6.46. The molecule has 1 fully saturated rings. The Labute approximate surface area is 147 Å². The number of benzene rings is 1. The van der Waals surface area contributed by atoms with Crippen LogP contribution in [0.3, 0.4) is 0 Å². The molecule has 25 heavy (non-hydrogen) atoms. The summed E-state index contributed by atoms with van der Waals surface area (Å²) < 4.78 is 0. The number of aromatic nitrogens is 2. The Morgan fingerprint density at radius 1 is 1.36 bits per heavy atom. The molecule has 3 rings (SSSR count). The van der Waals surface area contributed by atoms with Crippen molar-refractivity contribution < 1.29 is 9.59 Å². The van der Waals surface area contributed by atoms with Crippen molar-refractivity contribution in [2.24, 2.45) is 0 Å². The van der Waals surface area contributed by atoms with E-state index in [1.807, 2.05) is 36.1 Å². The molecule has 0 aliphatic carbocycles. The average molecular weight is 340 g/mol. The highest BCUT2D eigenvalue weighted by Gasteiger charge is 2.22. The Balaban J connectivity index is 1.63. The predicted octanol–water partition coefficient (Wildman–Crippen LogP) is 2.98. The lowest BCUT2D eigenvalue weighted by atomic mass is 10.1. The van der Waals surface area contributed by atoms with Gasteiger partial charge >= 0.3 is 0 Å². The Hall–Kier alpha value is -2.63. The molecule has 132 valence electrons. The van der Waals surface area contributed by atoms with Crippen LogP contribution in [-0.4, -0.2) is 28.6 Å². The number of nitrogens with one attached hydrogen (secondary N) is 2. The minimum Gasteiger partial charge on any atom is -0.344 e. The van der Waals surface area contributed by atoms with Crippen LogP contribution < -0.4 is 10.2 Å². The van der Waals surface area contributed by atoms with E-state index in [2.05, 4.69) is 22.4 Å². The maximum atomic E-state index is 12.3. The SMILES string of the molecule is CCCc1cc(C(=O)NC(C)c2ccc(N3CCCC3=O)cc2)n[nH]1. The Kier molecular flexibility index (Phi) is 5.16. The van der Waals surface area contributed by atoms with Crippen LogP contribution in [0.4, 0.5) is 5.69 Å². The Morgan fingerprint density at radius 2 is 2.12 bits per heavy atom. The minimum absolute atomic E-state index is 0.137. The van der Waals surface area contributed by atoms with Gasteiger partial charge in [-0.2, -0.15) is 5.10 Å². The highest BCUT2D eigenvalue weighted by molar-refractivity contribution is 5.95. The smallest absolute Gasteiger partial charge is 0.272 e. The third kappa shape index (κ3) is 3.90. The van der Waals surface area contributed by atoms with E-state index in [9.17, 15) is 9.59 Å². The number of anilines is 1. The second-order valence-electron chi connectivity index (χ2n) is 6.46. The molecule has 1 aromatic heterocycles. The van der Waals surface area contributed by atoms with E-state index in [-0.39, 0.29) is 17.9 Å². The number of aryl methyl sites for hydroxylation is 1. The predicted molar refractivity (Wildman–Crippen MR) is 96.5 cm³/mol. The number of carbonyl (C=O) groups is 2. The summed E-state index contributed by atoms with van der Waals surface area (Å²) in [5.74, 6) is -0.0135. The van der Waals surface area contributed by atoms with Gasteiger partial charge < -0.3 is 10.2 Å². The van der Waals surface area contributed by atoms with Crippen molar-refractivity contribution in [2.45, 2.75) is 45.6 Å². The lowest BCUT2D eigenvalue weighted by Crippen LogP contribution is -2.27. The highest BCUT2D eigenvalue weighted by atomic mass is 16.2. The summed E-state index contributed by atoms with van der Waals surface area (Å²) in [4.78, 5) is 25.9. The van der Waals surface area contributed by atoms with Crippen molar-refractivity contribution in [1.29, 1.82) is 0 Å². The van der Waals surface area contributed by atoms with Gasteiger partial charge in [-0.05, 0) is 43.5 Å². The van der Waals surface area contributed by atoms with Crippen molar-refractivity contribution in [3.63, 3.8) is 0 Å². The quantitative estimate of drug-likeness (QED) is 0.848. The van der Waals surface area contributed by atoms with Gasteiger partial charge in [0.1, 0.15) is 5.69 Å². The zero-order valence-electron chi connectivity index (χ0n) is 14.7. The molecule has 0 radical (unpaired) electrons. The Morgan fingerprint density at radius 3 is 2.76 bits per heavy atom. The van der Waals surface area contributed by atoms with E-state index in [1.165, 1.54) is 0 Å².